The third-order valence-electron chi connectivity index (χ3n) is 0.753. The van der Waals surface area contributed by atoms with Crippen LogP contribution in [-0.2, 0) is 79.8 Å². The van der Waals surface area contributed by atoms with Crippen molar-refractivity contribution >= 4 is 17.3 Å². The summed E-state index contributed by atoms with van der Waals surface area (Å²) < 4.78 is 0. The molecule has 102 valence electrons. The zero-order valence-electron chi connectivity index (χ0n) is 11.2. The van der Waals surface area contributed by atoms with Gasteiger partial charge in [-0.3, -0.25) is 4.79 Å². The molecule has 0 aliphatic heterocycles. The van der Waals surface area contributed by atoms with Crippen LogP contribution < -0.4 is 0 Å². The largest absolute Gasteiger partial charge is 0.340 e. The second-order valence-electron chi connectivity index (χ2n) is 2.76. The van der Waals surface area contributed by atoms with Crippen molar-refractivity contribution in [2.24, 2.45) is 0 Å². The van der Waals surface area contributed by atoms with E-state index in [0.717, 1.165) is 0 Å². The maximum Gasteiger partial charge on any atom is 0.152 e. The van der Waals surface area contributed by atoms with Crippen molar-refractivity contribution in [1.29, 1.82) is 0 Å². The number of hydrogen-bond donors (Lipinski definition) is 0. The first-order valence-corrected chi connectivity index (χ1v) is 4.52. The average molecular weight is 406 g/mol. The SMILES string of the molecule is C.C/C=C/C(C)=O.[CH2-]C(C)=O.[CH2-]CC(C)=O.[Y].[Y]. The topological polar surface area (TPSA) is 51.2 Å². The molecule has 2 radical (unpaired) electrons. The van der Waals surface area contributed by atoms with E-state index < -0.39 is 0 Å². The van der Waals surface area contributed by atoms with E-state index in [1.165, 1.54) is 26.8 Å². The van der Waals surface area contributed by atoms with Crippen molar-refractivity contribution < 1.29 is 79.8 Å². The van der Waals surface area contributed by atoms with E-state index in [1.54, 1.807) is 6.08 Å². The van der Waals surface area contributed by atoms with Gasteiger partial charge in [0, 0.05) is 65.4 Å². The molecular formula is C13H24O3Y2-2. The quantitative estimate of drug-likeness (QED) is 0.524. The maximum atomic E-state index is 9.96. The first-order valence-electron chi connectivity index (χ1n) is 4.52. The van der Waals surface area contributed by atoms with Gasteiger partial charge in [0.25, 0.3) is 0 Å². The molecule has 0 aromatic carbocycles. The summed E-state index contributed by atoms with van der Waals surface area (Å²) in [5.74, 6) is 0.169. The summed E-state index contributed by atoms with van der Waals surface area (Å²) in [6.07, 6.45) is 3.67. The van der Waals surface area contributed by atoms with E-state index >= 15 is 0 Å². The van der Waals surface area contributed by atoms with Crippen molar-refractivity contribution in [3.63, 3.8) is 0 Å². The second kappa shape index (κ2) is 30.7. The molecule has 0 aliphatic rings. The maximum absolute atomic E-state index is 9.96. The molecule has 0 aromatic rings. The van der Waals surface area contributed by atoms with Crippen LogP contribution in [0, 0.1) is 13.8 Å². The predicted octanol–water partition coefficient (Wildman–Crippen LogP) is 2.99. The average Bonchev–Trinajstić information content (AvgIpc) is 2.03. The summed E-state index contributed by atoms with van der Waals surface area (Å²) in [6, 6.07) is 0. The first-order chi connectivity index (χ1) is 6.77. The van der Waals surface area contributed by atoms with Crippen LogP contribution in [0.25, 0.3) is 0 Å². The van der Waals surface area contributed by atoms with Crippen molar-refractivity contribution in [1.82, 2.24) is 0 Å². The molecule has 0 N–H and O–H groups in total. The van der Waals surface area contributed by atoms with E-state index in [9.17, 15) is 14.4 Å². The molecule has 0 amide bonds. The molecule has 0 spiro atoms. The molecule has 18 heavy (non-hydrogen) atoms. The summed E-state index contributed by atoms with van der Waals surface area (Å²) in [5, 5.41) is 0. The summed E-state index contributed by atoms with van der Waals surface area (Å²) in [5.41, 5.74) is 0. The summed E-state index contributed by atoms with van der Waals surface area (Å²) in [4.78, 5) is 29.0. The molecule has 0 aliphatic carbocycles. The summed E-state index contributed by atoms with van der Waals surface area (Å²) in [7, 11) is 0. The summed E-state index contributed by atoms with van der Waals surface area (Å²) >= 11 is 0. The number of rotatable bonds is 2. The minimum atomic E-state index is -0.0833. The van der Waals surface area contributed by atoms with E-state index in [4.69, 9.17) is 0 Å². The van der Waals surface area contributed by atoms with Gasteiger partial charge in [0.2, 0.25) is 0 Å². The molecule has 0 unspecified atom stereocenters. The number of carbonyl (C=O) groups excluding carboxylic acids is 3. The van der Waals surface area contributed by atoms with Gasteiger partial charge in [-0.2, -0.15) is 0 Å². The van der Waals surface area contributed by atoms with E-state index in [1.807, 2.05) is 6.92 Å². The van der Waals surface area contributed by atoms with E-state index in [-0.39, 0.29) is 90.2 Å². The first kappa shape index (κ1) is 36.4. The van der Waals surface area contributed by atoms with Crippen molar-refractivity contribution in [2.45, 2.75) is 41.5 Å². The van der Waals surface area contributed by atoms with Gasteiger partial charge < -0.3 is 23.4 Å². The van der Waals surface area contributed by atoms with Crippen LogP contribution in [0.3, 0.4) is 0 Å². The molecule has 0 aromatic heterocycles. The fourth-order valence-electron chi connectivity index (χ4n) is 0.235. The second-order valence-corrected chi connectivity index (χ2v) is 2.76. The Morgan fingerprint density at radius 3 is 1.28 bits per heavy atom. The Bertz CT molecular complexity index is 220. The van der Waals surface area contributed by atoms with Gasteiger partial charge in [0.05, 0.1) is 5.78 Å². The Kier molecular flexibility index (Phi) is 62.0. The van der Waals surface area contributed by atoms with Gasteiger partial charge >= 0.3 is 0 Å². The van der Waals surface area contributed by atoms with Crippen LogP contribution in [0.15, 0.2) is 12.2 Å². The molecule has 0 saturated heterocycles. The molecule has 0 atom stereocenters. The van der Waals surface area contributed by atoms with Crippen LogP contribution in [0.5, 0.6) is 0 Å². The number of hydrogen-bond acceptors (Lipinski definition) is 3. The fourth-order valence-corrected chi connectivity index (χ4v) is 0.235. The Balaban J connectivity index is -0.0000000282. The van der Waals surface area contributed by atoms with Crippen molar-refractivity contribution in [3.05, 3.63) is 26.0 Å². The Morgan fingerprint density at radius 2 is 1.28 bits per heavy atom. The minimum Gasteiger partial charge on any atom is -0.340 e. The van der Waals surface area contributed by atoms with Crippen LogP contribution in [0.1, 0.15) is 41.5 Å². The van der Waals surface area contributed by atoms with Gasteiger partial charge in [-0.05, 0) is 39.6 Å². The summed E-state index contributed by atoms with van der Waals surface area (Å²) in [6.45, 7) is 12.6. The Morgan fingerprint density at radius 1 is 1.06 bits per heavy atom. The molecular weight excluding hydrogens is 382 g/mol. The third kappa shape index (κ3) is 124. The standard InChI is InChI=1S/C5H8O.C4H7O.C3H5O.CH4.2Y/c1-3-4-5(2)6;1-3-4(2)5;1-3(2)4;;;/h3-4H,1-2H3;1,3H2,2H3;1H2,2H3;1H4;;/q;2*-1;;;/b4-3+;;;;;. The third-order valence-corrected chi connectivity index (χ3v) is 0.753. The zero-order chi connectivity index (χ0) is 12.9. The molecule has 3 nitrogen and oxygen atoms in total. The Hall–Kier alpha value is 0.828. The molecule has 0 heterocycles. The van der Waals surface area contributed by atoms with Gasteiger partial charge in [-0.1, -0.05) is 13.5 Å². The molecule has 5 heteroatoms. The fraction of sp³-hybridized carbons (Fsp3) is 0.462. The smallest absolute Gasteiger partial charge is 0.152 e. The van der Waals surface area contributed by atoms with E-state index in [0.29, 0.717) is 6.42 Å². The number of ketones is 3. The molecule has 0 saturated carbocycles. The van der Waals surface area contributed by atoms with Crippen molar-refractivity contribution in [3.8, 4) is 0 Å². The Labute approximate surface area is 163 Å². The van der Waals surface area contributed by atoms with Crippen LogP contribution in [-0.4, -0.2) is 17.3 Å². The minimum absolute atomic E-state index is 0. The molecule has 0 bridgehead atoms. The monoisotopic (exact) mass is 406 g/mol. The van der Waals surface area contributed by atoms with Crippen LogP contribution >= 0.6 is 0 Å². The molecule has 0 rings (SSSR count). The molecule has 0 fully saturated rings. The predicted molar refractivity (Wildman–Crippen MR) is 68.9 cm³/mol. The van der Waals surface area contributed by atoms with Crippen LogP contribution in [0.4, 0.5) is 0 Å². The van der Waals surface area contributed by atoms with Gasteiger partial charge in [-0.15, -0.1) is 6.42 Å². The van der Waals surface area contributed by atoms with Gasteiger partial charge in [-0.25, -0.2) is 0 Å². The normalized spacial score (nSPS) is 6.72. The zero-order valence-corrected chi connectivity index (χ0v) is 16.8. The van der Waals surface area contributed by atoms with Crippen molar-refractivity contribution in [2.75, 3.05) is 0 Å². The number of allylic oxidation sites excluding steroid dienone is 2. The van der Waals surface area contributed by atoms with Gasteiger partial charge in [0.15, 0.2) is 5.78 Å². The number of carbonyl (C=O) groups is 3. The number of Topliss-reactive ketones (excluding diaryl/α,β-unsaturated/α-hetero) is 2. The van der Waals surface area contributed by atoms with Gasteiger partial charge in [0.1, 0.15) is 0 Å². The van der Waals surface area contributed by atoms with E-state index in [2.05, 4.69) is 13.8 Å². The van der Waals surface area contributed by atoms with Crippen LogP contribution in [0.2, 0.25) is 0 Å².